The first kappa shape index (κ1) is 73.9. The third kappa shape index (κ3) is 62.7. The van der Waals surface area contributed by atoms with E-state index < -0.39 is 6.10 Å². The van der Waals surface area contributed by atoms with Crippen molar-refractivity contribution in [1.82, 2.24) is 0 Å². The minimum atomic E-state index is -0.771. The molecule has 0 bridgehead atoms. The summed E-state index contributed by atoms with van der Waals surface area (Å²) < 4.78 is 17.0. The van der Waals surface area contributed by atoms with Gasteiger partial charge in [-0.15, -0.1) is 0 Å². The summed E-state index contributed by atoms with van der Waals surface area (Å²) in [6.07, 6.45) is 79.2. The smallest absolute Gasteiger partial charge is 0.306 e. The van der Waals surface area contributed by atoms with Crippen molar-refractivity contribution in [2.45, 2.75) is 393 Å². The molecule has 0 aliphatic heterocycles. The number of esters is 3. The molecule has 0 rings (SSSR count). The molecule has 0 aromatic carbocycles. The maximum absolute atomic E-state index is 12.9. The van der Waals surface area contributed by atoms with Crippen molar-refractivity contribution in [2.75, 3.05) is 13.2 Å². The number of carbonyl (C=O) groups is 3. The lowest BCUT2D eigenvalue weighted by Crippen LogP contribution is -2.30. The van der Waals surface area contributed by atoms with Crippen LogP contribution in [0.25, 0.3) is 0 Å². The number of ether oxygens (including phenoxy) is 3. The zero-order valence-electron chi connectivity index (χ0n) is 51.6. The van der Waals surface area contributed by atoms with Crippen LogP contribution in [-0.4, -0.2) is 37.2 Å². The van der Waals surface area contributed by atoms with Gasteiger partial charge in [0.25, 0.3) is 0 Å². The van der Waals surface area contributed by atoms with Gasteiger partial charge in [0.1, 0.15) is 13.2 Å². The van der Waals surface area contributed by atoms with E-state index in [1.54, 1.807) is 0 Å². The van der Waals surface area contributed by atoms with Crippen LogP contribution in [0.5, 0.6) is 0 Å². The van der Waals surface area contributed by atoms with Crippen molar-refractivity contribution in [3.05, 3.63) is 24.3 Å². The van der Waals surface area contributed by atoms with Gasteiger partial charge < -0.3 is 14.2 Å². The van der Waals surface area contributed by atoms with Gasteiger partial charge in [-0.25, -0.2) is 0 Å². The quantitative estimate of drug-likeness (QED) is 0.0261. The van der Waals surface area contributed by atoms with Gasteiger partial charge in [0.15, 0.2) is 6.10 Å². The highest BCUT2D eigenvalue weighted by molar-refractivity contribution is 5.71. The van der Waals surface area contributed by atoms with Crippen LogP contribution in [-0.2, 0) is 28.6 Å². The van der Waals surface area contributed by atoms with Gasteiger partial charge in [-0.1, -0.05) is 321 Å². The third-order valence-electron chi connectivity index (χ3n) is 15.7. The van der Waals surface area contributed by atoms with Gasteiger partial charge in [-0.05, 0) is 70.6 Å². The fourth-order valence-corrected chi connectivity index (χ4v) is 10.5. The van der Waals surface area contributed by atoms with E-state index in [0.717, 1.165) is 64.2 Å². The van der Waals surface area contributed by atoms with Gasteiger partial charge in [0.2, 0.25) is 0 Å². The molecule has 0 fully saturated rings. The molecule has 0 saturated carbocycles. The third-order valence-corrected chi connectivity index (χ3v) is 15.7. The molecule has 6 nitrogen and oxygen atoms in total. The van der Waals surface area contributed by atoms with Crippen LogP contribution in [0.4, 0.5) is 0 Å². The van der Waals surface area contributed by atoms with Crippen LogP contribution in [0, 0.1) is 0 Å². The van der Waals surface area contributed by atoms with E-state index in [1.807, 2.05) is 0 Å². The van der Waals surface area contributed by atoms with Crippen molar-refractivity contribution in [1.29, 1.82) is 0 Å². The summed E-state index contributed by atoms with van der Waals surface area (Å²) in [7, 11) is 0. The van der Waals surface area contributed by atoms with Crippen molar-refractivity contribution in [2.24, 2.45) is 0 Å². The monoisotopic (exact) mass is 1070 g/mol. The van der Waals surface area contributed by atoms with Gasteiger partial charge in [-0.3, -0.25) is 14.4 Å². The molecular weight excluding hydrogens is 937 g/mol. The van der Waals surface area contributed by atoms with Gasteiger partial charge in [-0.2, -0.15) is 0 Å². The molecule has 1 unspecified atom stereocenters. The molecule has 0 spiro atoms. The molecular formula is C70H132O6. The largest absolute Gasteiger partial charge is 0.462 e. The minimum absolute atomic E-state index is 0.0685. The number of rotatable bonds is 64. The Morgan fingerprint density at radius 1 is 0.250 bits per heavy atom. The van der Waals surface area contributed by atoms with Crippen LogP contribution in [0.1, 0.15) is 387 Å². The van der Waals surface area contributed by atoms with Gasteiger partial charge >= 0.3 is 17.9 Å². The van der Waals surface area contributed by atoms with Crippen LogP contribution in [0.15, 0.2) is 24.3 Å². The molecule has 0 aliphatic carbocycles. The van der Waals surface area contributed by atoms with E-state index in [4.69, 9.17) is 14.2 Å². The molecule has 0 amide bonds. The number of unbranched alkanes of at least 4 members (excludes halogenated alkanes) is 49. The average molecular weight is 1070 g/mol. The minimum Gasteiger partial charge on any atom is -0.462 e. The maximum atomic E-state index is 12.9. The van der Waals surface area contributed by atoms with Crippen molar-refractivity contribution < 1.29 is 28.6 Å². The van der Waals surface area contributed by atoms with E-state index in [0.29, 0.717) is 19.3 Å². The second-order valence-corrected chi connectivity index (χ2v) is 23.4. The van der Waals surface area contributed by atoms with Crippen molar-refractivity contribution >= 4 is 17.9 Å². The second-order valence-electron chi connectivity index (χ2n) is 23.4. The first-order valence-corrected chi connectivity index (χ1v) is 34.3. The van der Waals surface area contributed by atoms with Crippen LogP contribution in [0.3, 0.4) is 0 Å². The highest BCUT2D eigenvalue weighted by Crippen LogP contribution is 2.18. The first-order valence-electron chi connectivity index (χ1n) is 34.3. The Morgan fingerprint density at radius 2 is 0.434 bits per heavy atom. The van der Waals surface area contributed by atoms with E-state index in [2.05, 4.69) is 45.1 Å². The van der Waals surface area contributed by atoms with Gasteiger partial charge in [0, 0.05) is 19.3 Å². The molecule has 0 saturated heterocycles. The highest BCUT2D eigenvalue weighted by Gasteiger charge is 2.19. The molecule has 1 atom stereocenters. The molecule has 6 heteroatoms. The number of hydrogen-bond acceptors (Lipinski definition) is 6. The lowest BCUT2D eigenvalue weighted by atomic mass is 10.0. The van der Waals surface area contributed by atoms with E-state index in [1.165, 1.54) is 283 Å². The number of hydrogen-bond donors (Lipinski definition) is 0. The fourth-order valence-electron chi connectivity index (χ4n) is 10.5. The lowest BCUT2D eigenvalue weighted by molar-refractivity contribution is -0.167. The van der Waals surface area contributed by atoms with Crippen LogP contribution in [0.2, 0.25) is 0 Å². The summed E-state index contributed by atoms with van der Waals surface area (Å²) in [4.78, 5) is 38.3. The first-order chi connectivity index (χ1) is 37.5. The Bertz CT molecular complexity index is 1230. The Morgan fingerprint density at radius 3 is 0.684 bits per heavy atom. The Hall–Kier alpha value is -2.11. The fraction of sp³-hybridized carbons (Fsp3) is 0.900. The zero-order chi connectivity index (χ0) is 55.0. The number of carbonyl (C=O) groups excluding carboxylic acids is 3. The Balaban J connectivity index is 4.20. The highest BCUT2D eigenvalue weighted by atomic mass is 16.6. The Labute approximate surface area is 474 Å². The standard InChI is InChI=1S/C70H132O6/c1-4-7-10-13-16-19-22-25-27-29-31-33-34-35-36-38-39-41-43-45-48-51-54-57-60-63-69(72)75-66-67(65-74-68(71)62-59-56-53-50-47-24-21-18-15-12-9-6-3)76-70(73)64-61-58-55-52-49-46-44-42-40-37-32-30-28-26-23-20-17-14-11-8-5-2/h18,21,29,31,67H,4-17,19-20,22-28,30,32-66H2,1-3H3/b21-18-,31-29-. The summed E-state index contributed by atoms with van der Waals surface area (Å²) in [6.45, 7) is 6.68. The van der Waals surface area contributed by atoms with Crippen molar-refractivity contribution in [3.63, 3.8) is 0 Å². The second kappa shape index (κ2) is 65.4. The van der Waals surface area contributed by atoms with E-state index >= 15 is 0 Å². The molecule has 0 radical (unpaired) electrons. The average Bonchev–Trinajstić information content (AvgIpc) is 3.42. The molecule has 0 aromatic rings. The van der Waals surface area contributed by atoms with E-state index in [9.17, 15) is 14.4 Å². The molecule has 0 N–H and O–H groups in total. The van der Waals surface area contributed by atoms with E-state index in [-0.39, 0.29) is 31.1 Å². The van der Waals surface area contributed by atoms with Crippen LogP contribution < -0.4 is 0 Å². The summed E-state index contributed by atoms with van der Waals surface area (Å²) in [5.41, 5.74) is 0. The SMILES string of the molecule is CCCCC/C=C\CCCCCCCC(=O)OCC(COC(=O)CCCCCCCCCCCCCCC/C=C\CCCCCCCCCC)OC(=O)CCCCCCCCCCCCCCCCCCCCCCC. The summed E-state index contributed by atoms with van der Waals surface area (Å²) >= 11 is 0. The number of allylic oxidation sites excluding steroid dienone is 4. The normalized spacial score (nSPS) is 12.1. The predicted molar refractivity (Wildman–Crippen MR) is 330 cm³/mol. The summed E-state index contributed by atoms with van der Waals surface area (Å²) in [5, 5.41) is 0. The van der Waals surface area contributed by atoms with Crippen LogP contribution >= 0.6 is 0 Å². The molecule has 0 aliphatic rings. The van der Waals surface area contributed by atoms with Gasteiger partial charge in [0.05, 0.1) is 0 Å². The lowest BCUT2D eigenvalue weighted by Gasteiger charge is -2.18. The molecule has 76 heavy (non-hydrogen) atoms. The zero-order valence-corrected chi connectivity index (χ0v) is 51.6. The summed E-state index contributed by atoms with van der Waals surface area (Å²) in [6, 6.07) is 0. The Kier molecular flexibility index (Phi) is 63.6. The molecule has 0 heterocycles. The molecule has 448 valence electrons. The molecule has 0 aromatic heterocycles. The summed E-state index contributed by atoms with van der Waals surface area (Å²) in [5.74, 6) is -0.849. The maximum Gasteiger partial charge on any atom is 0.306 e. The topological polar surface area (TPSA) is 78.9 Å². The predicted octanol–water partition coefficient (Wildman–Crippen LogP) is 23.4. The van der Waals surface area contributed by atoms with Crippen molar-refractivity contribution in [3.8, 4) is 0 Å².